The van der Waals surface area contributed by atoms with E-state index in [1.807, 2.05) is 91.0 Å². The SMILES string of the molecule is CON(POc1ccccc1)P(N=POc1ccccc1)Oc1ccccc1. The topological polar surface area (TPSA) is 52.5 Å². The molecule has 0 saturated heterocycles. The molecule has 0 bridgehead atoms. The third-order valence-corrected chi connectivity index (χ3v) is 6.71. The van der Waals surface area contributed by atoms with Gasteiger partial charge in [0, 0.05) is 0 Å². The monoisotopic (exact) mass is 432 g/mol. The second kappa shape index (κ2) is 11.7. The lowest BCUT2D eigenvalue weighted by atomic mass is 10.3. The van der Waals surface area contributed by atoms with E-state index in [9.17, 15) is 0 Å². The van der Waals surface area contributed by atoms with Gasteiger partial charge in [0.1, 0.15) is 17.2 Å². The highest BCUT2D eigenvalue weighted by atomic mass is 31.2. The van der Waals surface area contributed by atoms with Gasteiger partial charge in [-0.15, -0.1) is 4.52 Å². The van der Waals surface area contributed by atoms with Crippen LogP contribution in [0.1, 0.15) is 0 Å². The first-order chi connectivity index (χ1) is 13.8. The lowest BCUT2D eigenvalue weighted by molar-refractivity contribution is 0.0281. The normalized spacial score (nSPS) is 12.5. The maximum atomic E-state index is 6.03. The van der Waals surface area contributed by atoms with Crippen molar-refractivity contribution < 1.29 is 18.4 Å². The van der Waals surface area contributed by atoms with E-state index in [-0.39, 0.29) is 8.96 Å². The van der Waals surface area contributed by atoms with Crippen molar-refractivity contribution in [2.45, 2.75) is 0 Å². The molecule has 6 nitrogen and oxygen atoms in total. The van der Waals surface area contributed by atoms with Gasteiger partial charge in [0.05, 0.1) is 7.11 Å². The van der Waals surface area contributed by atoms with Crippen molar-refractivity contribution in [1.82, 2.24) is 4.60 Å². The largest absolute Gasteiger partial charge is 0.458 e. The summed E-state index contributed by atoms with van der Waals surface area (Å²) in [5.41, 5.74) is 0. The van der Waals surface area contributed by atoms with E-state index in [4.69, 9.17) is 18.4 Å². The van der Waals surface area contributed by atoms with Crippen LogP contribution in [0.2, 0.25) is 0 Å². The molecular formula is C19H19N2O4P3. The van der Waals surface area contributed by atoms with Crippen molar-refractivity contribution in [3.8, 4) is 17.2 Å². The lowest BCUT2D eigenvalue weighted by Gasteiger charge is -2.23. The highest BCUT2D eigenvalue weighted by Crippen LogP contribution is 2.52. The molecule has 9 heteroatoms. The standard InChI is InChI=1S/C19H19N2O4P3/c1-22-21(27-24-18-13-7-3-8-14-18)28(25-19-15-9-4-10-16-19)20-26-23-17-11-5-2-6-12-17/h2-16,27H,1H3. The summed E-state index contributed by atoms with van der Waals surface area (Å²) in [4.78, 5) is 5.48. The Morgan fingerprint density at radius 1 is 0.786 bits per heavy atom. The van der Waals surface area contributed by atoms with Gasteiger partial charge in [-0.3, -0.25) is 4.84 Å². The number of hydrogen-bond donors (Lipinski definition) is 0. The number of hydrogen-bond acceptors (Lipinski definition) is 6. The average molecular weight is 432 g/mol. The van der Waals surface area contributed by atoms with Crippen LogP contribution in [0.5, 0.6) is 17.2 Å². The maximum absolute atomic E-state index is 6.03. The smallest absolute Gasteiger partial charge is 0.337 e. The molecule has 0 spiro atoms. The average Bonchev–Trinajstić information content (AvgIpc) is 2.76. The van der Waals surface area contributed by atoms with Crippen molar-refractivity contribution in [3.05, 3.63) is 91.0 Å². The van der Waals surface area contributed by atoms with E-state index in [2.05, 4.69) is 4.52 Å². The highest BCUT2D eigenvalue weighted by molar-refractivity contribution is 7.60. The summed E-state index contributed by atoms with van der Waals surface area (Å²) in [5.74, 6) is 2.17. The van der Waals surface area contributed by atoms with E-state index in [0.717, 1.165) is 11.5 Å². The Labute approximate surface area is 169 Å². The predicted octanol–water partition coefficient (Wildman–Crippen LogP) is 6.87. The summed E-state index contributed by atoms with van der Waals surface area (Å²) in [6, 6.07) is 28.5. The molecule has 0 fully saturated rings. The summed E-state index contributed by atoms with van der Waals surface area (Å²) < 4.78 is 23.6. The first-order valence-electron chi connectivity index (χ1n) is 8.33. The number of nitrogens with zero attached hydrogens (tertiary/aromatic N) is 2. The van der Waals surface area contributed by atoms with Gasteiger partial charge in [-0.25, -0.2) is 0 Å². The van der Waals surface area contributed by atoms with Crippen LogP contribution >= 0.6 is 26.0 Å². The van der Waals surface area contributed by atoms with Gasteiger partial charge in [-0.05, 0) is 36.4 Å². The van der Waals surface area contributed by atoms with E-state index < -0.39 is 8.45 Å². The summed E-state index contributed by atoms with van der Waals surface area (Å²) >= 11 is 0. The van der Waals surface area contributed by atoms with Gasteiger partial charge in [0.25, 0.3) is 8.60 Å². The maximum Gasteiger partial charge on any atom is 0.337 e. The van der Waals surface area contributed by atoms with Gasteiger partial charge in [-0.2, -0.15) is 0 Å². The molecule has 0 aliphatic rings. The number of benzene rings is 3. The minimum atomic E-state index is -1.51. The highest BCUT2D eigenvalue weighted by Gasteiger charge is 2.23. The zero-order valence-corrected chi connectivity index (χ0v) is 17.9. The summed E-state index contributed by atoms with van der Waals surface area (Å²) in [5, 5.41) is 0. The molecule has 0 aliphatic carbocycles. The molecule has 3 aromatic carbocycles. The van der Waals surface area contributed by atoms with E-state index in [1.54, 1.807) is 11.7 Å². The van der Waals surface area contributed by atoms with Crippen LogP contribution in [0.4, 0.5) is 0 Å². The molecule has 144 valence electrons. The van der Waals surface area contributed by atoms with E-state index >= 15 is 0 Å². The molecule has 0 aliphatic heterocycles. The van der Waals surface area contributed by atoms with Crippen LogP contribution in [-0.2, 0) is 4.84 Å². The molecule has 0 aromatic heterocycles. The quantitative estimate of drug-likeness (QED) is 0.259. The number of para-hydroxylation sites is 3. The van der Waals surface area contributed by atoms with Crippen molar-refractivity contribution >= 4 is 26.0 Å². The fourth-order valence-electron chi connectivity index (χ4n) is 1.97. The zero-order chi connectivity index (χ0) is 19.4. The molecule has 0 amide bonds. The zero-order valence-electron chi connectivity index (χ0n) is 15.1. The molecule has 0 N–H and O–H groups in total. The second-order valence-corrected chi connectivity index (χ2v) is 8.48. The van der Waals surface area contributed by atoms with Gasteiger partial charge in [0.15, 0.2) is 8.96 Å². The van der Waals surface area contributed by atoms with Crippen molar-refractivity contribution in [1.29, 1.82) is 0 Å². The molecule has 28 heavy (non-hydrogen) atoms. The van der Waals surface area contributed by atoms with Crippen molar-refractivity contribution in [3.63, 3.8) is 0 Å². The van der Waals surface area contributed by atoms with Gasteiger partial charge in [0.2, 0.25) is 0 Å². The van der Waals surface area contributed by atoms with Crippen LogP contribution in [0, 0.1) is 0 Å². The van der Waals surface area contributed by atoms with Crippen molar-refractivity contribution in [2.24, 2.45) is 4.52 Å². The summed E-state index contributed by atoms with van der Waals surface area (Å²) in [6.07, 6.45) is 0. The van der Waals surface area contributed by atoms with Gasteiger partial charge >= 0.3 is 8.45 Å². The van der Waals surface area contributed by atoms with E-state index in [0.29, 0.717) is 14.3 Å². The van der Waals surface area contributed by atoms with Crippen molar-refractivity contribution in [2.75, 3.05) is 7.11 Å². The molecule has 2 atom stereocenters. The Balaban J connectivity index is 1.69. The second-order valence-electron chi connectivity index (χ2n) is 5.19. The molecule has 0 saturated carbocycles. The van der Waals surface area contributed by atoms with Crippen LogP contribution in [0.15, 0.2) is 95.5 Å². The lowest BCUT2D eigenvalue weighted by Crippen LogP contribution is -2.09. The molecule has 3 rings (SSSR count). The molecule has 0 radical (unpaired) electrons. The molecule has 0 heterocycles. The summed E-state index contributed by atoms with van der Waals surface area (Å²) in [6.45, 7) is 0. The van der Waals surface area contributed by atoms with Crippen LogP contribution < -0.4 is 13.6 Å². The first kappa shape index (κ1) is 20.7. The third kappa shape index (κ3) is 6.83. The minimum absolute atomic E-state index is 0.128. The first-order valence-corrected chi connectivity index (χ1v) is 11.1. The van der Waals surface area contributed by atoms with Crippen LogP contribution in [0.25, 0.3) is 0 Å². The fraction of sp³-hybridized carbons (Fsp3) is 0.0526. The Hall–Kier alpha value is -2.06. The molecular weight excluding hydrogens is 413 g/mol. The van der Waals surface area contributed by atoms with Gasteiger partial charge in [-0.1, -0.05) is 59.2 Å². The predicted molar refractivity (Wildman–Crippen MR) is 115 cm³/mol. The van der Waals surface area contributed by atoms with Crippen LogP contribution in [0.3, 0.4) is 0 Å². The minimum Gasteiger partial charge on any atom is -0.458 e. The van der Waals surface area contributed by atoms with Gasteiger partial charge < -0.3 is 13.6 Å². The Morgan fingerprint density at radius 2 is 1.32 bits per heavy atom. The Bertz CT molecular complexity index is 842. The Morgan fingerprint density at radius 3 is 1.89 bits per heavy atom. The summed E-state index contributed by atoms with van der Waals surface area (Å²) in [7, 11) is 0.340. The number of rotatable bonds is 10. The van der Waals surface area contributed by atoms with Crippen LogP contribution in [-0.4, -0.2) is 11.7 Å². The fourth-order valence-corrected chi connectivity index (χ4v) is 4.82. The molecule has 2 unspecified atom stereocenters. The molecule has 3 aromatic rings. The van der Waals surface area contributed by atoms with E-state index in [1.165, 1.54) is 0 Å². The Kier molecular flexibility index (Phi) is 8.64. The third-order valence-electron chi connectivity index (χ3n) is 3.25.